The van der Waals surface area contributed by atoms with Crippen LogP contribution < -0.4 is 4.74 Å². The van der Waals surface area contributed by atoms with E-state index < -0.39 is 0 Å². The van der Waals surface area contributed by atoms with Crippen molar-refractivity contribution in [2.75, 3.05) is 20.3 Å². The van der Waals surface area contributed by atoms with Crippen molar-refractivity contribution in [2.45, 2.75) is 46.1 Å². The van der Waals surface area contributed by atoms with Crippen LogP contribution in [-0.2, 0) is 11.3 Å². The molecule has 0 aliphatic rings. The van der Waals surface area contributed by atoms with E-state index in [1.165, 1.54) is 6.07 Å². The van der Waals surface area contributed by atoms with Crippen molar-refractivity contribution in [2.24, 2.45) is 0 Å². The molecule has 0 fully saturated rings. The SMILES string of the molecule is CCCOCCCn1nnnc1-c1cc(-c2cc(C(C)C)ccc2OC)c(O)cc1O. The fraction of sp³-hybridized carbons (Fsp3) is 0.435. The number of hydrogen-bond donors (Lipinski definition) is 2. The van der Waals surface area contributed by atoms with Crippen LogP contribution in [0.5, 0.6) is 17.2 Å². The van der Waals surface area contributed by atoms with E-state index in [9.17, 15) is 10.2 Å². The summed E-state index contributed by atoms with van der Waals surface area (Å²) in [5, 5.41) is 33.1. The minimum Gasteiger partial charge on any atom is -0.507 e. The maximum atomic E-state index is 10.6. The fourth-order valence-electron chi connectivity index (χ4n) is 3.38. The van der Waals surface area contributed by atoms with E-state index in [4.69, 9.17) is 9.47 Å². The zero-order valence-corrected chi connectivity index (χ0v) is 18.5. The molecule has 3 rings (SSSR count). The largest absolute Gasteiger partial charge is 0.507 e. The van der Waals surface area contributed by atoms with Gasteiger partial charge in [0.25, 0.3) is 0 Å². The molecule has 0 aliphatic carbocycles. The summed E-state index contributed by atoms with van der Waals surface area (Å²) in [6.45, 7) is 8.16. The second kappa shape index (κ2) is 10.3. The van der Waals surface area contributed by atoms with E-state index in [0.29, 0.717) is 41.8 Å². The molecule has 2 N–H and O–H groups in total. The number of rotatable bonds is 10. The van der Waals surface area contributed by atoms with Crippen LogP contribution in [0.2, 0.25) is 0 Å². The smallest absolute Gasteiger partial charge is 0.185 e. The first-order valence-electron chi connectivity index (χ1n) is 10.5. The molecular formula is C23H30N4O4. The lowest BCUT2D eigenvalue weighted by molar-refractivity contribution is 0.128. The van der Waals surface area contributed by atoms with Crippen LogP contribution in [0, 0.1) is 0 Å². The number of phenols is 2. The van der Waals surface area contributed by atoms with Gasteiger partial charge >= 0.3 is 0 Å². The van der Waals surface area contributed by atoms with Crippen LogP contribution in [-0.4, -0.2) is 50.7 Å². The first-order valence-corrected chi connectivity index (χ1v) is 10.5. The van der Waals surface area contributed by atoms with Crippen LogP contribution in [0.1, 0.15) is 45.1 Å². The van der Waals surface area contributed by atoms with E-state index in [2.05, 4.69) is 36.3 Å². The summed E-state index contributed by atoms with van der Waals surface area (Å²) in [4.78, 5) is 0. The highest BCUT2D eigenvalue weighted by Crippen LogP contribution is 2.43. The van der Waals surface area contributed by atoms with Crippen LogP contribution in [0.25, 0.3) is 22.5 Å². The Morgan fingerprint density at radius 1 is 1.00 bits per heavy atom. The fourth-order valence-corrected chi connectivity index (χ4v) is 3.38. The highest BCUT2D eigenvalue weighted by molar-refractivity contribution is 5.82. The molecule has 8 nitrogen and oxygen atoms in total. The Morgan fingerprint density at radius 3 is 2.48 bits per heavy atom. The van der Waals surface area contributed by atoms with Gasteiger partial charge in [-0.1, -0.05) is 26.8 Å². The van der Waals surface area contributed by atoms with Gasteiger partial charge in [0.15, 0.2) is 5.82 Å². The van der Waals surface area contributed by atoms with E-state index in [-0.39, 0.29) is 11.5 Å². The molecule has 8 heteroatoms. The summed E-state index contributed by atoms with van der Waals surface area (Å²) < 4.78 is 12.7. The van der Waals surface area contributed by atoms with E-state index in [0.717, 1.165) is 30.6 Å². The Hall–Kier alpha value is -3.13. The average Bonchev–Trinajstić information content (AvgIpc) is 3.21. The van der Waals surface area contributed by atoms with Crippen molar-refractivity contribution in [3.63, 3.8) is 0 Å². The molecule has 0 amide bonds. The number of aromatic nitrogens is 4. The average molecular weight is 427 g/mol. The highest BCUT2D eigenvalue weighted by Gasteiger charge is 2.20. The van der Waals surface area contributed by atoms with Gasteiger partial charge in [-0.25, -0.2) is 4.68 Å². The normalized spacial score (nSPS) is 11.3. The number of tetrazole rings is 1. The lowest BCUT2D eigenvalue weighted by Crippen LogP contribution is -2.07. The minimum atomic E-state index is -0.0986. The number of benzene rings is 2. The molecule has 166 valence electrons. The van der Waals surface area contributed by atoms with Gasteiger partial charge < -0.3 is 19.7 Å². The number of hydrogen-bond acceptors (Lipinski definition) is 7. The zero-order chi connectivity index (χ0) is 22.4. The summed E-state index contributed by atoms with van der Waals surface area (Å²) in [5.74, 6) is 1.22. The first kappa shape index (κ1) is 22.6. The van der Waals surface area contributed by atoms with Crippen molar-refractivity contribution in [1.82, 2.24) is 20.2 Å². The van der Waals surface area contributed by atoms with Gasteiger partial charge in [0, 0.05) is 37.0 Å². The predicted octanol–water partition coefficient (Wildman–Crippen LogP) is 4.37. The molecule has 0 unspecified atom stereocenters. The number of methoxy groups -OCH3 is 1. The first-order chi connectivity index (χ1) is 15.0. The summed E-state index contributed by atoms with van der Waals surface area (Å²) >= 11 is 0. The molecule has 0 saturated carbocycles. The molecular weight excluding hydrogens is 396 g/mol. The summed E-state index contributed by atoms with van der Waals surface area (Å²) in [6.07, 6.45) is 1.72. The van der Waals surface area contributed by atoms with Gasteiger partial charge in [-0.3, -0.25) is 0 Å². The van der Waals surface area contributed by atoms with Gasteiger partial charge in [0.1, 0.15) is 17.2 Å². The van der Waals surface area contributed by atoms with Gasteiger partial charge in [-0.2, -0.15) is 0 Å². The predicted molar refractivity (Wildman–Crippen MR) is 118 cm³/mol. The number of nitrogens with zero attached hydrogens (tertiary/aromatic N) is 4. The third-order valence-electron chi connectivity index (χ3n) is 5.07. The lowest BCUT2D eigenvalue weighted by atomic mass is 9.94. The Morgan fingerprint density at radius 2 is 1.77 bits per heavy atom. The number of aryl methyl sites for hydroxylation is 1. The molecule has 0 spiro atoms. The number of phenolic OH excluding ortho intramolecular Hbond substituents is 2. The number of ether oxygens (including phenoxy) is 2. The summed E-state index contributed by atoms with van der Waals surface area (Å²) in [5.41, 5.74) is 2.82. The van der Waals surface area contributed by atoms with E-state index >= 15 is 0 Å². The van der Waals surface area contributed by atoms with Gasteiger partial charge in [-0.15, -0.1) is 5.10 Å². The van der Waals surface area contributed by atoms with Gasteiger partial charge in [-0.05, 0) is 52.9 Å². The third kappa shape index (κ3) is 5.14. The molecule has 3 aromatic rings. The maximum Gasteiger partial charge on any atom is 0.185 e. The van der Waals surface area contributed by atoms with Crippen LogP contribution in [0.3, 0.4) is 0 Å². The topological polar surface area (TPSA) is 103 Å². The van der Waals surface area contributed by atoms with E-state index in [1.54, 1.807) is 17.9 Å². The molecule has 31 heavy (non-hydrogen) atoms. The molecule has 1 aromatic heterocycles. The monoisotopic (exact) mass is 426 g/mol. The molecule has 0 bridgehead atoms. The molecule has 0 atom stereocenters. The second-order valence-corrected chi connectivity index (χ2v) is 7.69. The van der Waals surface area contributed by atoms with Crippen molar-refractivity contribution < 1.29 is 19.7 Å². The molecule has 1 heterocycles. The van der Waals surface area contributed by atoms with Crippen molar-refractivity contribution in [3.05, 3.63) is 35.9 Å². The Balaban J connectivity index is 1.99. The quantitative estimate of drug-likeness (QED) is 0.464. The summed E-state index contributed by atoms with van der Waals surface area (Å²) in [6, 6.07) is 8.90. The van der Waals surface area contributed by atoms with Crippen LogP contribution in [0.4, 0.5) is 0 Å². The van der Waals surface area contributed by atoms with Crippen molar-refractivity contribution in [1.29, 1.82) is 0 Å². The van der Waals surface area contributed by atoms with E-state index in [1.807, 2.05) is 18.2 Å². The zero-order valence-electron chi connectivity index (χ0n) is 18.5. The standard InChI is InChI=1S/C23H30N4O4/c1-5-10-31-11-6-9-27-23(24-25-26-27)19-13-17(20(28)14-21(19)29)18-12-16(15(2)3)7-8-22(18)30-4/h7-8,12-15,28-29H,5-6,9-11H2,1-4H3. The Labute approximate surface area is 182 Å². The third-order valence-corrected chi connectivity index (χ3v) is 5.07. The van der Waals surface area contributed by atoms with Crippen molar-refractivity contribution in [3.8, 4) is 39.8 Å². The Bertz CT molecular complexity index is 1020. The van der Waals surface area contributed by atoms with Crippen LogP contribution >= 0.6 is 0 Å². The van der Waals surface area contributed by atoms with Crippen molar-refractivity contribution >= 4 is 0 Å². The van der Waals surface area contributed by atoms with Crippen LogP contribution in [0.15, 0.2) is 30.3 Å². The van der Waals surface area contributed by atoms with Gasteiger partial charge in [0.2, 0.25) is 0 Å². The Kier molecular flexibility index (Phi) is 7.46. The molecule has 0 aliphatic heterocycles. The summed E-state index contributed by atoms with van der Waals surface area (Å²) in [7, 11) is 1.59. The number of aromatic hydroxyl groups is 2. The molecule has 0 saturated heterocycles. The maximum absolute atomic E-state index is 10.6. The highest BCUT2D eigenvalue weighted by atomic mass is 16.5. The van der Waals surface area contributed by atoms with Gasteiger partial charge in [0.05, 0.1) is 12.7 Å². The molecule has 2 aromatic carbocycles. The molecule has 0 radical (unpaired) electrons. The lowest BCUT2D eigenvalue weighted by Gasteiger charge is -2.15. The minimum absolute atomic E-state index is 0.0487. The second-order valence-electron chi connectivity index (χ2n) is 7.69.